The van der Waals surface area contributed by atoms with Crippen LogP contribution in [0.2, 0.25) is 0 Å². The summed E-state index contributed by atoms with van der Waals surface area (Å²) in [4.78, 5) is 33.6. The quantitative estimate of drug-likeness (QED) is 0.356. The number of fused-ring (bicyclic) bond motifs is 1. The molecule has 4 aromatic rings. The van der Waals surface area contributed by atoms with Gasteiger partial charge in [-0.2, -0.15) is 5.26 Å². The highest BCUT2D eigenvalue weighted by Crippen LogP contribution is 2.34. The van der Waals surface area contributed by atoms with Gasteiger partial charge in [-0.05, 0) is 35.6 Å². The molecule has 1 N–H and O–H groups in total. The molecule has 44 heavy (non-hydrogen) atoms. The van der Waals surface area contributed by atoms with Crippen LogP contribution in [0.5, 0.6) is 0 Å². The lowest BCUT2D eigenvalue weighted by Gasteiger charge is -2.40. The molecule has 1 amide bonds. The summed E-state index contributed by atoms with van der Waals surface area (Å²) in [6.45, 7) is 8.48. The van der Waals surface area contributed by atoms with Gasteiger partial charge in [-0.3, -0.25) is 0 Å². The highest BCUT2D eigenvalue weighted by atomic mass is 19.1. The van der Waals surface area contributed by atoms with Gasteiger partial charge in [0.25, 0.3) is 0 Å². The van der Waals surface area contributed by atoms with Gasteiger partial charge in [-0.15, -0.1) is 5.10 Å². The first-order valence-electron chi connectivity index (χ1n) is 14.3. The maximum Gasteiger partial charge on any atom is 0.407 e. The Morgan fingerprint density at radius 2 is 1.95 bits per heavy atom. The molecule has 5 heterocycles. The fourth-order valence-electron chi connectivity index (χ4n) is 5.56. The van der Waals surface area contributed by atoms with Gasteiger partial charge < -0.3 is 19.6 Å². The first-order chi connectivity index (χ1) is 21.1. The second-order valence-corrected chi connectivity index (χ2v) is 11.9. The summed E-state index contributed by atoms with van der Waals surface area (Å²) in [5.74, 6) is -0.0185. The number of carboxylic acid groups (broad SMARTS) is 1. The van der Waals surface area contributed by atoms with Crippen LogP contribution in [0.1, 0.15) is 38.3 Å². The number of nitrogens with zero attached hydrogens (tertiary/aromatic N) is 10. The molecule has 1 saturated heterocycles. The number of hydrogen-bond acceptors (Lipinski definition) is 10. The molecule has 2 atom stereocenters. The van der Waals surface area contributed by atoms with Crippen molar-refractivity contribution in [1.29, 1.82) is 5.26 Å². The minimum atomic E-state index is -0.915. The van der Waals surface area contributed by atoms with Gasteiger partial charge in [-0.1, -0.05) is 32.1 Å². The first-order valence-corrected chi connectivity index (χ1v) is 14.3. The van der Waals surface area contributed by atoms with Crippen molar-refractivity contribution in [3.05, 3.63) is 59.8 Å². The topological polar surface area (TPSA) is 159 Å². The summed E-state index contributed by atoms with van der Waals surface area (Å²) in [6.07, 6.45) is 6.56. The standard InChI is InChI=1S/C30H31FN10O3/c1-30(2,3)25-11-18(6-7-40(25)29(42)43)21-13-34-28(35-14-21)39-8-9-44-22(16-39)17-41-27-26(37-38-41)33-15-24(36-27)19-4-5-23(31)20(10-19)12-32/h4-5,10-11,13-15,22,25H,6-9,16-17H2,1-3H3,(H,42,43)/t22?,25-/m0/s1. The number of hydrogen-bond donors (Lipinski definition) is 1. The predicted octanol–water partition coefficient (Wildman–Crippen LogP) is 3.78. The molecule has 6 rings (SSSR count). The molecule has 2 aliphatic heterocycles. The second kappa shape index (κ2) is 11.6. The van der Waals surface area contributed by atoms with Crippen molar-refractivity contribution in [3.8, 4) is 17.3 Å². The predicted molar refractivity (Wildman–Crippen MR) is 158 cm³/mol. The first kappa shape index (κ1) is 29.1. The van der Waals surface area contributed by atoms with Crippen LogP contribution in [0, 0.1) is 22.6 Å². The van der Waals surface area contributed by atoms with Crippen LogP contribution in [0.4, 0.5) is 15.1 Å². The summed E-state index contributed by atoms with van der Waals surface area (Å²) in [5.41, 5.74) is 3.43. The van der Waals surface area contributed by atoms with Gasteiger partial charge in [0.2, 0.25) is 11.6 Å². The summed E-state index contributed by atoms with van der Waals surface area (Å²) < 4.78 is 21.5. The van der Waals surface area contributed by atoms with Crippen molar-refractivity contribution in [1.82, 2.24) is 39.8 Å². The van der Waals surface area contributed by atoms with E-state index in [9.17, 15) is 19.6 Å². The van der Waals surface area contributed by atoms with Crippen molar-refractivity contribution < 1.29 is 19.0 Å². The van der Waals surface area contributed by atoms with E-state index < -0.39 is 11.9 Å². The highest BCUT2D eigenvalue weighted by Gasteiger charge is 2.35. The van der Waals surface area contributed by atoms with Crippen LogP contribution in [0.3, 0.4) is 0 Å². The third-order valence-corrected chi connectivity index (χ3v) is 7.87. The molecule has 1 aromatic carbocycles. The van der Waals surface area contributed by atoms with Crippen molar-refractivity contribution in [2.75, 3.05) is 31.1 Å². The Kier molecular flexibility index (Phi) is 7.64. The van der Waals surface area contributed by atoms with E-state index in [1.807, 2.05) is 32.9 Å². The van der Waals surface area contributed by atoms with Gasteiger partial charge in [0.05, 0.1) is 42.8 Å². The number of anilines is 1. The van der Waals surface area contributed by atoms with Gasteiger partial charge in [-0.25, -0.2) is 33.8 Å². The number of rotatable bonds is 5. The van der Waals surface area contributed by atoms with E-state index in [0.29, 0.717) is 67.7 Å². The zero-order valence-electron chi connectivity index (χ0n) is 24.6. The minimum absolute atomic E-state index is 0.0728. The Hall–Kier alpha value is -5.03. The van der Waals surface area contributed by atoms with Crippen LogP contribution in [0.25, 0.3) is 28.1 Å². The lowest BCUT2D eigenvalue weighted by molar-refractivity contribution is 0.0272. The Morgan fingerprint density at radius 3 is 2.68 bits per heavy atom. The lowest BCUT2D eigenvalue weighted by atomic mass is 9.81. The molecule has 0 spiro atoms. The van der Waals surface area contributed by atoms with Crippen LogP contribution >= 0.6 is 0 Å². The summed E-state index contributed by atoms with van der Waals surface area (Å²) in [7, 11) is 0. The van der Waals surface area contributed by atoms with Crippen LogP contribution in [0.15, 0.2) is 42.9 Å². The second-order valence-electron chi connectivity index (χ2n) is 11.9. The number of amides is 1. The van der Waals surface area contributed by atoms with Crippen LogP contribution in [-0.4, -0.2) is 89.4 Å². The third kappa shape index (κ3) is 5.78. The van der Waals surface area contributed by atoms with Crippen LogP contribution < -0.4 is 4.90 Å². The number of ether oxygens (including phenoxy) is 1. The zero-order chi connectivity index (χ0) is 31.0. The van der Waals surface area contributed by atoms with E-state index >= 15 is 0 Å². The molecule has 1 unspecified atom stereocenters. The van der Waals surface area contributed by atoms with Gasteiger partial charge in [0.1, 0.15) is 11.9 Å². The zero-order valence-corrected chi connectivity index (χ0v) is 24.6. The molecule has 14 heteroatoms. The fourth-order valence-corrected chi connectivity index (χ4v) is 5.56. The van der Waals surface area contributed by atoms with Gasteiger partial charge >= 0.3 is 6.09 Å². The van der Waals surface area contributed by atoms with Crippen molar-refractivity contribution in [3.63, 3.8) is 0 Å². The van der Waals surface area contributed by atoms with Crippen molar-refractivity contribution in [2.45, 2.75) is 45.9 Å². The SMILES string of the molecule is CC(C)(C)[C@@H]1C=C(c2cnc(N3CCOC(Cn4nnc5ncc(-c6ccc(F)c(C#N)c6)nc54)C3)nc2)CCN1C(=O)O. The minimum Gasteiger partial charge on any atom is -0.465 e. The smallest absolute Gasteiger partial charge is 0.407 e. The Bertz CT molecular complexity index is 1780. The van der Waals surface area contributed by atoms with Crippen molar-refractivity contribution in [2.24, 2.45) is 5.41 Å². The molecular weight excluding hydrogens is 567 g/mol. The van der Waals surface area contributed by atoms with E-state index in [-0.39, 0.29) is 23.1 Å². The van der Waals surface area contributed by atoms with Crippen molar-refractivity contribution >= 4 is 28.9 Å². The molecule has 2 aliphatic rings. The average Bonchev–Trinajstić information content (AvgIpc) is 3.42. The Morgan fingerprint density at radius 1 is 1.16 bits per heavy atom. The molecular formula is C30H31FN10O3. The normalized spacial score (nSPS) is 19.1. The Balaban J connectivity index is 1.17. The Labute approximate surface area is 252 Å². The molecule has 0 saturated carbocycles. The number of aromatic nitrogens is 7. The fraction of sp³-hybridized carbons (Fsp3) is 0.400. The van der Waals surface area contributed by atoms with E-state index in [1.165, 1.54) is 23.2 Å². The summed E-state index contributed by atoms with van der Waals surface area (Å²) >= 11 is 0. The number of morpholine rings is 1. The number of benzene rings is 1. The average molecular weight is 599 g/mol. The molecule has 0 radical (unpaired) electrons. The number of halogens is 1. The molecule has 13 nitrogen and oxygen atoms in total. The molecule has 0 aliphatic carbocycles. The maximum absolute atomic E-state index is 13.8. The molecule has 226 valence electrons. The van der Waals surface area contributed by atoms with E-state index in [4.69, 9.17) is 4.74 Å². The summed E-state index contributed by atoms with van der Waals surface area (Å²) in [6, 6.07) is 5.81. The monoisotopic (exact) mass is 598 g/mol. The van der Waals surface area contributed by atoms with Crippen LogP contribution in [-0.2, 0) is 11.3 Å². The molecule has 0 bridgehead atoms. The molecule has 3 aromatic heterocycles. The van der Waals surface area contributed by atoms with E-state index in [2.05, 4.69) is 35.1 Å². The highest BCUT2D eigenvalue weighted by molar-refractivity contribution is 5.72. The van der Waals surface area contributed by atoms with E-state index in [1.54, 1.807) is 23.1 Å². The van der Waals surface area contributed by atoms with E-state index in [0.717, 1.165) is 11.1 Å². The third-order valence-electron chi connectivity index (χ3n) is 7.87. The summed E-state index contributed by atoms with van der Waals surface area (Å²) in [5, 5.41) is 27.2. The maximum atomic E-state index is 13.8. The largest absolute Gasteiger partial charge is 0.465 e. The van der Waals surface area contributed by atoms with Gasteiger partial charge in [0, 0.05) is 43.2 Å². The lowest BCUT2D eigenvalue weighted by Crippen LogP contribution is -2.48. The number of carbonyl (C=O) groups is 1. The number of nitriles is 1. The van der Waals surface area contributed by atoms with Gasteiger partial charge in [0.15, 0.2) is 5.65 Å². The molecule has 1 fully saturated rings.